The summed E-state index contributed by atoms with van der Waals surface area (Å²) in [6.45, 7) is 1.56. The van der Waals surface area contributed by atoms with Crippen LogP contribution >= 0.6 is 11.3 Å². The van der Waals surface area contributed by atoms with Crippen molar-refractivity contribution >= 4 is 22.3 Å². The smallest absolute Gasteiger partial charge is 0.416 e. The van der Waals surface area contributed by atoms with Gasteiger partial charge in [0.05, 0.1) is 17.7 Å². The summed E-state index contributed by atoms with van der Waals surface area (Å²) in [7, 11) is 0. The first-order chi connectivity index (χ1) is 12.2. The van der Waals surface area contributed by atoms with Crippen molar-refractivity contribution in [3.05, 3.63) is 68.6 Å². The Morgan fingerprint density at radius 1 is 1.31 bits per heavy atom. The summed E-state index contributed by atoms with van der Waals surface area (Å²) in [5, 5.41) is 1.78. The van der Waals surface area contributed by atoms with Crippen molar-refractivity contribution in [2.45, 2.75) is 26.1 Å². The summed E-state index contributed by atoms with van der Waals surface area (Å²) in [5.41, 5.74) is 0.140. The van der Waals surface area contributed by atoms with Crippen LogP contribution in [0.5, 0.6) is 0 Å². The van der Waals surface area contributed by atoms with E-state index in [1.54, 1.807) is 12.3 Å². The van der Waals surface area contributed by atoms with Crippen LogP contribution in [0.1, 0.15) is 22.5 Å². The van der Waals surface area contributed by atoms with Gasteiger partial charge < -0.3 is 4.74 Å². The third-order valence-electron chi connectivity index (χ3n) is 3.61. The standard InChI is InChI=1S/C17H13F3N2O3S/c1-10-9-26-16-21-13(7-14(23)22(10)16)8-25-15(24)6-11-3-2-4-12(5-11)17(18,19)20/h2-5,7,9H,6,8H2,1H3. The van der Waals surface area contributed by atoms with Crippen molar-refractivity contribution < 1.29 is 22.7 Å². The lowest BCUT2D eigenvalue weighted by Crippen LogP contribution is -2.16. The van der Waals surface area contributed by atoms with Crippen LogP contribution in [0, 0.1) is 6.92 Å². The lowest BCUT2D eigenvalue weighted by molar-refractivity contribution is -0.144. The first-order valence-corrected chi connectivity index (χ1v) is 8.40. The largest absolute Gasteiger partial charge is 0.459 e. The topological polar surface area (TPSA) is 60.7 Å². The number of hydrogen-bond acceptors (Lipinski definition) is 5. The summed E-state index contributed by atoms with van der Waals surface area (Å²) in [5.74, 6) is -0.700. The molecule has 0 aliphatic rings. The number of ether oxygens (including phenoxy) is 1. The monoisotopic (exact) mass is 382 g/mol. The van der Waals surface area contributed by atoms with Crippen LogP contribution in [0.25, 0.3) is 4.96 Å². The average molecular weight is 382 g/mol. The summed E-state index contributed by atoms with van der Waals surface area (Å²) in [6, 6.07) is 5.77. The number of esters is 1. The molecule has 0 amide bonds. The van der Waals surface area contributed by atoms with E-state index < -0.39 is 17.7 Å². The van der Waals surface area contributed by atoms with Gasteiger partial charge in [0.25, 0.3) is 5.56 Å². The van der Waals surface area contributed by atoms with Gasteiger partial charge in [0.2, 0.25) is 0 Å². The number of hydrogen-bond donors (Lipinski definition) is 0. The molecule has 3 aromatic rings. The van der Waals surface area contributed by atoms with Crippen LogP contribution in [0.3, 0.4) is 0 Å². The Morgan fingerprint density at radius 2 is 2.08 bits per heavy atom. The third kappa shape index (κ3) is 3.93. The lowest BCUT2D eigenvalue weighted by atomic mass is 10.1. The zero-order chi connectivity index (χ0) is 18.9. The molecule has 2 heterocycles. The van der Waals surface area contributed by atoms with Gasteiger partial charge in [-0.2, -0.15) is 13.2 Å². The van der Waals surface area contributed by atoms with Crippen LogP contribution in [0.2, 0.25) is 0 Å². The lowest BCUT2D eigenvalue weighted by Gasteiger charge is -2.09. The maximum atomic E-state index is 12.7. The fourth-order valence-corrected chi connectivity index (χ4v) is 3.30. The maximum absolute atomic E-state index is 12.7. The van der Waals surface area contributed by atoms with Crippen LogP contribution in [-0.4, -0.2) is 15.4 Å². The average Bonchev–Trinajstić information content (AvgIpc) is 2.94. The molecule has 0 fully saturated rings. The SMILES string of the molecule is Cc1csc2nc(COC(=O)Cc3cccc(C(F)(F)F)c3)cc(=O)n12. The van der Waals surface area contributed by atoms with E-state index in [-0.39, 0.29) is 29.8 Å². The van der Waals surface area contributed by atoms with Gasteiger partial charge in [0, 0.05) is 17.1 Å². The van der Waals surface area contributed by atoms with Gasteiger partial charge in [0.1, 0.15) is 6.61 Å². The highest BCUT2D eigenvalue weighted by Gasteiger charge is 2.30. The Morgan fingerprint density at radius 3 is 2.81 bits per heavy atom. The number of nitrogens with zero attached hydrogens (tertiary/aromatic N) is 2. The van der Waals surface area contributed by atoms with Crippen LogP contribution in [-0.2, 0) is 28.7 Å². The Balaban J connectivity index is 1.67. The second kappa shape index (κ2) is 6.91. The highest BCUT2D eigenvalue weighted by atomic mass is 32.1. The summed E-state index contributed by atoms with van der Waals surface area (Å²) >= 11 is 1.29. The minimum atomic E-state index is -4.47. The van der Waals surface area contributed by atoms with E-state index in [4.69, 9.17) is 4.74 Å². The Hall–Kier alpha value is -2.68. The van der Waals surface area contributed by atoms with Crippen molar-refractivity contribution in [2.75, 3.05) is 0 Å². The molecule has 0 aliphatic heterocycles. The van der Waals surface area contributed by atoms with E-state index in [0.717, 1.165) is 17.8 Å². The number of carbonyl (C=O) groups excluding carboxylic acids is 1. The molecular formula is C17H13F3N2O3S. The number of benzene rings is 1. The van der Waals surface area contributed by atoms with Gasteiger partial charge >= 0.3 is 12.1 Å². The fraction of sp³-hybridized carbons (Fsp3) is 0.235. The first kappa shape index (κ1) is 18.1. The van der Waals surface area contributed by atoms with Gasteiger partial charge in [0.15, 0.2) is 4.96 Å². The molecule has 3 rings (SSSR count). The summed E-state index contributed by atoms with van der Waals surface area (Å²) in [4.78, 5) is 28.6. The molecule has 0 saturated heterocycles. The van der Waals surface area contributed by atoms with Crippen LogP contribution in [0.4, 0.5) is 13.2 Å². The second-order valence-electron chi connectivity index (χ2n) is 5.62. The number of halogens is 3. The molecule has 26 heavy (non-hydrogen) atoms. The normalized spacial score (nSPS) is 11.7. The molecule has 0 atom stereocenters. The van der Waals surface area contributed by atoms with Crippen molar-refractivity contribution in [3.63, 3.8) is 0 Å². The van der Waals surface area contributed by atoms with E-state index in [9.17, 15) is 22.8 Å². The highest BCUT2D eigenvalue weighted by Crippen LogP contribution is 2.29. The molecule has 5 nitrogen and oxygen atoms in total. The highest BCUT2D eigenvalue weighted by molar-refractivity contribution is 7.15. The molecule has 0 bridgehead atoms. The van der Waals surface area contributed by atoms with Crippen LogP contribution in [0.15, 0.2) is 40.5 Å². The van der Waals surface area contributed by atoms with Gasteiger partial charge in [-0.3, -0.25) is 14.0 Å². The number of aromatic nitrogens is 2. The number of carbonyl (C=O) groups is 1. The van der Waals surface area contributed by atoms with Gasteiger partial charge in [-0.15, -0.1) is 11.3 Å². The Labute approximate surface area is 149 Å². The van der Waals surface area contributed by atoms with Crippen molar-refractivity contribution in [1.82, 2.24) is 9.38 Å². The maximum Gasteiger partial charge on any atom is 0.416 e. The zero-order valence-electron chi connectivity index (χ0n) is 13.5. The van der Waals surface area contributed by atoms with E-state index in [2.05, 4.69) is 4.98 Å². The molecule has 0 unspecified atom stereocenters. The van der Waals surface area contributed by atoms with E-state index >= 15 is 0 Å². The molecule has 136 valence electrons. The molecule has 0 N–H and O–H groups in total. The van der Waals surface area contributed by atoms with Gasteiger partial charge in [-0.25, -0.2) is 4.98 Å². The Bertz CT molecular complexity index is 1020. The fourth-order valence-electron chi connectivity index (χ4n) is 2.40. The molecule has 0 saturated carbocycles. The minimum Gasteiger partial charge on any atom is -0.459 e. The van der Waals surface area contributed by atoms with Crippen molar-refractivity contribution in [2.24, 2.45) is 0 Å². The van der Waals surface area contributed by atoms with Crippen molar-refractivity contribution in [1.29, 1.82) is 0 Å². The van der Waals surface area contributed by atoms with E-state index in [1.807, 2.05) is 0 Å². The molecule has 0 spiro atoms. The minimum absolute atomic E-state index is 0.196. The predicted molar refractivity (Wildman–Crippen MR) is 89.0 cm³/mol. The van der Waals surface area contributed by atoms with E-state index in [0.29, 0.717) is 4.96 Å². The third-order valence-corrected chi connectivity index (χ3v) is 4.56. The summed E-state index contributed by atoms with van der Waals surface area (Å²) < 4.78 is 44.5. The van der Waals surface area contributed by atoms with Crippen LogP contribution < -0.4 is 5.56 Å². The molecule has 1 aromatic carbocycles. The first-order valence-electron chi connectivity index (χ1n) is 7.52. The molecule has 2 aromatic heterocycles. The quantitative estimate of drug-likeness (QED) is 0.649. The molecule has 9 heteroatoms. The molecule has 0 aliphatic carbocycles. The predicted octanol–water partition coefficient (Wildman–Crippen LogP) is 3.37. The number of thiazole rings is 1. The van der Waals surface area contributed by atoms with Gasteiger partial charge in [-0.05, 0) is 18.6 Å². The van der Waals surface area contributed by atoms with E-state index in [1.165, 1.54) is 33.9 Å². The number of aryl methyl sites for hydroxylation is 1. The number of fused-ring (bicyclic) bond motifs is 1. The zero-order valence-corrected chi connectivity index (χ0v) is 14.4. The number of rotatable bonds is 4. The van der Waals surface area contributed by atoms with Gasteiger partial charge in [-0.1, -0.05) is 18.2 Å². The Kier molecular flexibility index (Phi) is 4.82. The van der Waals surface area contributed by atoms with Crippen molar-refractivity contribution in [3.8, 4) is 0 Å². The molecule has 0 radical (unpaired) electrons. The molecular weight excluding hydrogens is 369 g/mol. The number of alkyl halides is 3. The summed E-state index contributed by atoms with van der Waals surface area (Å²) in [6.07, 6.45) is -4.77. The second-order valence-corrected chi connectivity index (χ2v) is 6.45.